The van der Waals surface area contributed by atoms with Crippen LogP contribution in [-0.4, -0.2) is 5.11 Å². The maximum absolute atomic E-state index is 10.00. The van der Waals surface area contributed by atoms with Crippen molar-refractivity contribution in [2.75, 3.05) is 0 Å². The number of rotatable bonds is 2. The van der Waals surface area contributed by atoms with Gasteiger partial charge >= 0.3 is 0 Å². The van der Waals surface area contributed by atoms with E-state index in [1.54, 1.807) is 12.1 Å². The van der Waals surface area contributed by atoms with E-state index in [0.29, 0.717) is 21.0 Å². The Kier molecular flexibility index (Phi) is 5.58. The third-order valence-electron chi connectivity index (χ3n) is 3.36. The summed E-state index contributed by atoms with van der Waals surface area (Å²) < 4.78 is 0.653. The summed E-state index contributed by atoms with van der Waals surface area (Å²) in [7, 11) is 0. The molecular weight excluding hydrogens is 325 g/mol. The van der Waals surface area contributed by atoms with Gasteiger partial charge in [-0.2, -0.15) is 0 Å². The molecule has 0 aromatic heterocycles. The first-order valence-corrected chi connectivity index (χ1v) is 6.71. The normalized spacial score (nSPS) is 17.8. The first kappa shape index (κ1) is 15.1. The third kappa shape index (κ3) is 3.08. The third-order valence-corrected chi connectivity index (χ3v) is 4.33. The molecular formula is C12H16BrCl2NO. The van der Waals surface area contributed by atoms with Crippen molar-refractivity contribution in [3.8, 4) is 5.75 Å². The largest absolute Gasteiger partial charge is 0.506 e. The van der Waals surface area contributed by atoms with Crippen molar-refractivity contribution in [1.82, 2.24) is 0 Å². The van der Waals surface area contributed by atoms with E-state index in [4.69, 9.17) is 17.3 Å². The molecule has 1 atom stereocenters. The van der Waals surface area contributed by atoms with E-state index in [0.717, 1.165) is 12.8 Å². The number of phenols is 1. The van der Waals surface area contributed by atoms with E-state index in [2.05, 4.69) is 15.9 Å². The van der Waals surface area contributed by atoms with Crippen LogP contribution in [0, 0.1) is 5.92 Å². The zero-order chi connectivity index (χ0) is 11.7. The Labute approximate surface area is 121 Å². The summed E-state index contributed by atoms with van der Waals surface area (Å²) in [6.45, 7) is 0. The van der Waals surface area contributed by atoms with Gasteiger partial charge in [0.1, 0.15) is 5.75 Å². The fraction of sp³-hybridized carbons (Fsp3) is 0.500. The molecule has 0 heterocycles. The van der Waals surface area contributed by atoms with E-state index < -0.39 is 0 Å². The van der Waals surface area contributed by atoms with Crippen LogP contribution >= 0.6 is 39.9 Å². The summed E-state index contributed by atoms with van der Waals surface area (Å²) in [5.74, 6) is 0.629. The number of hydrogen-bond donors (Lipinski definition) is 2. The van der Waals surface area contributed by atoms with Crippen molar-refractivity contribution < 1.29 is 5.11 Å². The smallest absolute Gasteiger partial charge is 0.136 e. The molecule has 17 heavy (non-hydrogen) atoms. The first-order chi connectivity index (χ1) is 7.61. The molecule has 0 amide bonds. The summed E-state index contributed by atoms with van der Waals surface area (Å²) in [5.41, 5.74) is 6.89. The number of phenolic OH excluding ortho intramolecular Hbond substituents is 1. The fourth-order valence-corrected chi connectivity index (χ4v) is 3.05. The molecule has 0 spiro atoms. The van der Waals surface area contributed by atoms with Crippen molar-refractivity contribution in [3.05, 3.63) is 27.2 Å². The van der Waals surface area contributed by atoms with Crippen molar-refractivity contribution in [2.24, 2.45) is 11.7 Å². The predicted molar refractivity (Wildman–Crippen MR) is 77.0 cm³/mol. The molecule has 1 saturated carbocycles. The van der Waals surface area contributed by atoms with Crippen molar-refractivity contribution in [1.29, 1.82) is 0 Å². The van der Waals surface area contributed by atoms with Crippen LogP contribution in [0.5, 0.6) is 5.75 Å². The number of hydrogen-bond acceptors (Lipinski definition) is 2. The molecule has 3 N–H and O–H groups in total. The lowest BCUT2D eigenvalue weighted by Crippen LogP contribution is -2.19. The Morgan fingerprint density at radius 3 is 2.53 bits per heavy atom. The Morgan fingerprint density at radius 1 is 1.35 bits per heavy atom. The van der Waals surface area contributed by atoms with Gasteiger partial charge in [0.05, 0.1) is 4.47 Å². The molecule has 96 valence electrons. The number of aromatic hydroxyl groups is 1. The van der Waals surface area contributed by atoms with Gasteiger partial charge in [0.2, 0.25) is 0 Å². The topological polar surface area (TPSA) is 46.2 Å². The molecule has 1 aliphatic carbocycles. The number of halogens is 3. The summed E-state index contributed by atoms with van der Waals surface area (Å²) in [6.07, 6.45) is 4.71. The van der Waals surface area contributed by atoms with Crippen molar-refractivity contribution in [3.63, 3.8) is 0 Å². The van der Waals surface area contributed by atoms with Gasteiger partial charge in [-0.1, -0.05) is 24.4 Å². The van der Waals surface area contributed by atoms with Crippen molar-refractivity contribution >= 4 is 39.9 Å². The monoisotopic (exact) mass is 339 g/mol. The molecule has 1 fully saturated rings. The molecule has 2 rings (SSSR count). The molecule has 0 bridgehead atoms. The highest BCUT2D eigenvalue weighted by atomic mass is 79.9. The standard InChI is InChI=1S/C12H15BrClNO.ClH/c13-8-5-6-9(14)10(12(8)16)11(15)7-3-1-2-4-7;/h5-7,11,16H,1-4,15H2;1H/t11-;/m1./s1. The van der Waals surface area contributed by atoms with Crippen LogP contribution in [0.25, 0.3) is 0 Å². The van der Waals surface area contributed by atoms with Gasteiger partial charge in [-0.3, -0.25) is 0 Å². The molecule has 0 saturated heterocycles. The maximum Gasteiger partial charge on any atom is 0.136 e. The minimum Gasteiger partial charge on any atom is -0.506 e. The van der Waals surface area contributed by atoms with E-state index in [1.165, 1.54) is 12.8 Å². The van der Waals surface area contributed by atoms with Gasteiger partial charge in [-0.25, -0.2) is 0 Å². The minimum atomic E-state index is -0.160. The lowest BCUT2D eigenvalue weighted by atomic mass is 9.92. The van der Waals surface area contributed by atoms with Crippen LogP contribution in [0.3, 0.4) is 0 Å². The highest BCUT2D eigenvalue weighted by Crippen LogP contribution is 2.42. The second kappa shape index (κ2) is 6.28. The zero-order valence-corrected chi connectivity index (χ0v) is 12.5. The Hall–Kier alpha value is 0.0400. The number of benzene rings is 1. The fourth-order valence-electron chi connectivity index (χ4n) is 2.43. The second-order valence-corrected chi connectivity index (χ2v) is 5.62. The molecule has 0 aliphatic heterocycles. The van der Waals surface area contributed by atoms with Crippen LogP contribution < -0.4 is 5.73 Å². The molecule has 2 nitrogen and oxygen atoms in total. The Morgan fingerprint density at radius 2 is 1.94 bits per heavy atom. The van der Waals surface area contributed by atoms with Gasteiger partial charge in [0.25, 0.3) is 0 Å². The van der Waals surface area contributed by atoms with Gasteiger partial charge in [0.15, 0.2) is 0 Å². The highest BCUT2D eigenvalue weighted by Gasteiger charge is 2.27. The SMILES string of the molecule is Cl.N[C@@H](c1c(Cl)ccc(Br)c1O)C1CCCC1. The second-order valence-electron chi connectivity index (χ2n) is 4.36. The quantitative estimate of drug-likeness (QED) is 0.837. The molecule has 0 unspecified atom stereocenters. The minimum absolute atomic E-state index is 0. The van der Waals surface area contributed by atoms with Crippen LogP contribution in [0.4, 0.5) is 0 Å². The van der Waals surface area contributed by atoms with E-state index >= 15 is 0 Å². The summed E-state index contributed by atoms with van der Waals surface area (Å²) in [6, 6.07) is 3.35. The lowest BCUT2D eigenvalue weighted by Gasteiger charge is -2.21. The summed E-state index contributed by atoms with van der Waals surface area (Å²) in [4.78, 5) is 0. The van der Waals surface area contributed by atoms with Crippen LogP contribution in [-0.2, 0) is 0 Å². The van der Waals surface area contributed by atoms with Crippen LogP contribution in [0.15, 0.2) is 16.6 Å². The maximum atomic E-state index is 10.00. The predicted octanol–water partition coefficient (Wildman–Crippen LogP) is 4.42. The lowest BCUT2D eigenvalue weighted by molar-refractivity contribution is 0.411. The zero-order valence-electron chi connectivity index (χ0n) is 9.33. The van der Waals surface area contributed by atoms with Crippen LogP contribution in [0.2, 0.25) is 5.02 Å². The van der Waals surface area contributed by atoms with Gasteiger partial charge in [-0.15, -0.1) is 12.4 Å². The van der Waals surface area contributed by atoms with Gasteiger partial charge < -0.3 is 10.8 Å². The Bertz CT molecular complexity index is 394. The molecule has 5 heteroatoms. The average molecular weight is 341 g/mol. The van der Waals surface area contributed by atoms with Gasteiger partial charge in [-0.05, 0) is 46.8 Å². The molecule has 1 aromatic rings. The van der Waals surface area contributed by atoms with Crippen molar-refractivity contribution in [2.45, 2.75) is 31.7 Å². The van der Waals surface area contributed by atoms with Crippen LogP contribution in [0.1, 0.15) is 37.3 Å². The van der Waals surface area contributed by atoms with E-state index in [1.807, 2.05) is 0 Å². The molecule has 1 aromatic carbocycles. The first-order valence-electron chi connectivity index (χ1n) is 5.53. The van der Waals surface area contributed by atoms with E-state index in [9.17, 15) is 5.11 Å². The Balaban J connectivity index is 0.00000144. The molecule has 0 radical (unpaired) electrons. The summed E-state index contributed by atoms with van der Waals surface area (Å²) in [5, 5.41) is 10.6. The molecule has 1 aliphatic rings. The van der Waals surface area contributed by atoms with Gasteiger partial charge in [0, 0.05) is 16.6 Å². The number of nitrogens with two attached hydrogens (primary N) is 1. The average Bonchev–Trinajstić information content (AvgIpc) is 2.77. The van der Waals surface area contributed by atoms with E-state index in [-0.39, 0.29) is 24.2 Å². The highest BCUT2D eigenvalue weighted by molar-refractivity contribution is 9.10. The summed E-state index contributed by atoms with van der Waals surface area (Å²) >= 11 is 9.41.